The SMILES string of the molecule is Clc1cccc(C#C[B]Oc2cccc3cccnc23)c1. The fourth-order valence-corrected chi connectivity index (χ4v) is 2.13. The Balaban J connectivity index is 1.73. The number of para-hydroxylation sites is 1. The summed E-state index contributed by atoms with van der Waals surface area (Å²) in [5.74, 6) is 6.52. The Kier molecular flexibility index (Phi) is 4.09. The van der Waals surface area contributed by atoms with E-state index < -0.39 is 0 Å². The molecule has 0 saturated heterocycles. The van der Waals surface area contributed by atoms with Gasteiger partial charge in [0.25, 0.3) is 0 Å². The van der Waals surface area contributed by atoms with Gasteiger partial charge in [0.15, 0.2) is 0 Å². The molecule has 2 nitrogen and oxygen atoms in total. The standard InChI is InChI=1S/C17H10BClNO/c19-15-7-1-4-13(12-15)9-10-18-21-16-8-2-5-14-6-3-11-20-17(14)16/h1-8,11-12H. The number of hydrogen-bond donors (Lipinski definition) is 0. The molecule has 3 rings (SSSR count). The molecule has 0 saturated carbocycles. The molecule has 1 aromatic heterocycles. The molecule has 99 valence electrons. The van der Waals surface area contributed by atoms with Crippen LogP contribution in [-0.2, 0) is 0 Å². The molecule has 0 amide bonds. The number of rotatable bonds is 2. The maximum absolute atomic E-state index is 5.90. The zero-order valence-corrected chi connectivity index (χ0v) is 11.8. The molecule has 21 heavy (non-hydrogen) atoms. The molecule has 0 atom stereocenters. The van der Waals surface area contributed by atoms with Crippen molar-refractivity contribution in [1.29, 1.82) is 0 Å². The molecule has 1 heterocycles. The lowest BCUT2D eigenvalue weighted by molar-refractivity contribution is 0.611. The number of fused-ring (bicyclic) bond motifs is 1. The predicted octanol–water partition coefficient (Wildman–Crippen LogP) is 3.90. The molecule has 0 spiro atoms. The van der Waals surface area contributed by atoms with E-state index >= 15 is 0 Å². The fourth-order valence-electron chi connectivity index (χ4n) is 1.94. The van der Waals surface area contributed by atoms with Crippen molar-refractivity contribution in [3.63, 3.8) is 0 Å². The van der Waals surface area contributed by atoms with Gasteiger partial charge in [-0.25, -0.2) is 0 Å². The molecule has 0 N–H and O–H groups in total. The quantitative estimate of drug-likeness (QED) is 0.527. The topological polar surface area (TPSA) is 22.1 Å². The van der Waals surface area contributed by atoms with Crippen LogP contribution in [0.25, 0.3) is 10.9 Å². The van der Waals surface area contributed by atoms with Gasteiger partial charge in [0, 0.05) is 22.2 Å². The molecule has 3 aromatic rings. The minimum absolute atomic E-state index is 0.668. The van der Waals surface area contributed by atoms with E-state index in [2.05, 4.69) is 16.7 Å². The third-order valence-corrected chi connectivity index (χ3v) is 3.12. The average molecular weight is 291 g/mol. The number of halogens is 1. The Morgan fingerprint density at radius 1 is 1.05 bits per heavy atom. The van der Waals surface area contributed by atoms with Crippen molar-refractivity contribution in [2.75, 3.05) is 0 Å². The van der Waals surface area contributed by atoms with E-state index in [-0.39, 0.29) is 0 Å². The van der Waals surface area contributed by atoms with Crippen LogP contribution in [0.1, 0.15) is 5.56 Å². The highest BCUT2D eigenvalue weighted by Gasteiger charge is 2.02. The summed E-state index contributed by atoms with van der Waals surface area (Å²) in [4.78, 5) is 4.32. The van der Waals surface area contributed by atoms with Crippen molar-refractivity contribution < 1.29 is 4.65 Å². The normalized spacial score (nSPS) is 9.76. The smallest absolute Gasteiger partial charge is 0.472 e. The molecule has 0 bridgehead atoms. The first-order chi connectivity index (χ1) is 10.3. The first-order valence-corrected chi connectivity index (χ1v) is 6.80. The van der Waals surface area contributed by atoms with E-state index in [4.69, 9.17) is 16.3 Å². The monoisotopic (exact) mass is 290 g/mol. The van der Waals surface area contributed by atoms with Crippen molar-refractivity contribution in [3.05, 3.63) is 71.4 Å². The number of hydrogen-bond acceptors (Lipinski definition) is 2. The van der Waals surface area contributed by atoms with Crippen molar-refractivity contribution in [2.24, 2.45) is 0 Å². The van der Waals surface area contributed by atoms with Gasteiger partial charge in [-0.1, -0.05) is 41.8 Å². The maximum atomic E-state index is 5.90. The Morgan fingerprint density at radius 2 is 1.90 bits per heavy atom. The van der Waals surface area contributed by atoms with E-state index in [1.54, 1.807) is 6.20 Å². The van der Waals surface area contributed by atoms with Crippen LogP contribution in [0.2, 0.25) is 5.02 Å². The molecule has 0 aliphatic heterocycles. The Bertz CT molecular complexity index is 833. The van der Waals surface area contributed by atoms with Crippen LogP contribution in [0.15, 0.2) is 60.8 Å². The lowest BCUT2D eigenvalue weighted by Crippen LogP contribution is -2.00. The van der Waals surface area contributed by atoms with Gasteiger partial charge in [-0.05, 0) is 30.3 Å². The average Bonchev–Trinajstić information content (AvgIpc) is 2.52. The summed E-state index contributed by atoms with van der Waals surface area (Å²) >= 11 is 5.90. The van der Waals surface area contributed by atoms with Crippen LogP contribution in [0, 0.1) is 11.7 Å². The van der Waals surface area contributed by atoms with Crippen LogP contribution < -0.4 is 4.65 Å². The summed E-state index contributed by atoms with van der Waals surface area (Å²) in [5, 5.41) is 1.70. The van der Waals surface area contributed by atoms with Gasteiger partial charge >= 0.3 is 7.48 Å². The molecule has 0 aliphatic carbocycles. The first-order valence-electron chi connectivity index (χ1n) is 6.42. The second kappa shape index (κ2) is 6.34. The van der Waals surface area contributed by atoms with Crippen LogP contribution in [0.3, 0.4) is 0 Å². The Morgan fingerprint density at radius 3 is 2.81 bits per heavy atom. The molecule has 1 radical (unpaired) electrons. The number of aromatic nitrogens is 1. The molecule has 0 unspecified atom stereocenters. The summed E-state index contributed by atoms with van der Waals surface area (Å²) in [7, 11) is 1.46. The van der Waals surface area contributed by atoms with Crippen LogP contribution in [0.5, 0.6) is 5.75 Å². The van der Waals surface area contributed by atoms with Crippen LogP contribution in [0.4, 0.5) is 0 Å². The summed E-state index contributed by atoms with van der Waals surface area (Å²) < 4.78 is 5.58. The molecule has 2 aromatic carbocycles. The minimum atomic E-state index is 0.668. The molecular weight excluding hydrogens is 280 g/mol. The van der Waals surface area contributed by atoms with E-state index in [0.29, 0.717) is 10.8 Å². The number of pyridine rings is 1. The van der Waals surface area contributed by atoms with Crippen molar-refractivity contribution in [1.82, 2.24) is 4.98 Å². The molecular formula is C17H10BClNO. The van der Waals surface area contributed by atoms with E-state index in [1.165, 1.54) is 7.48 Å². The lowest BCUT2D eigenvalue weighted by Gasteiger charge is -2.04. The molecule has 4 heteroatoms. The zero-order valence-electron chi connectivity index (χ0n) is 11.1. The summed E-state index contributed by atoms with van der Waals surface area (Å²) in [6.45, 7) is 0. The number of nitrogens with zero attached hydrogens (tertiary/aromatic N) is 1. The van der Waals surface area contributed by atoms with Crippen molar-refractivity contribution in [3.8, 4) is 17.5 Å². The summed E-state index contributed by atoms with van der Waals surface area (Å²) in [6, 6.07) is 17.1. The van der Waals surface area contributed by atoms with Gasteiger partial charge in [0.1, 0.15) is 11.3 Å². The molecule has 0 aliphatic rings. The van der Waals surface area contributed by atoms with Gasteiger partial charge in [-0.2, -0.15) is 0 Å². The van der Waals surface area contributed by atoms with Gasteiger partial charge in [0.05, 0.1) is 0 Å². The van der Waals surface area contributed by atoms with Crippen molar-refractivity contribution >= 4 is 30.0 Å². The second-order valence-corrected chi connectivity index (χ2v) is 4.78. The Labute approximate surface area is 129 Å². The highest BCUT2D eigenvalue weighted by atomic mass is 35.5. The minimum Gasteiger partial charge on any atom is -0.549 e. The Hall–Kier alpha value is -2.44. The first kappa shape index (κ1) is 13.5. The largest absolute Gasteiger partial charge is 0.549 e. The van der Waals surface area contributed by atoms with E-state index in [1.807, 2.05) is 54.6 Å². The van der Waals surface area contributed by atoms with Gasteiger partial charge in [-0.3, -0.25) is 4.98 Å². The molecule has 0 fully saturated rings. The van der Waals surface area contributed by atoms with Crippen molar-refractivity contribution in [2.45, 2.75) is 0 Å². The third kappa shape index (κ3) is 3.36. The lowest BCUT2D eigenvalue weighted by atomic mass is 10.0. The van der Waals surface area contributed by atoms with E-state index in [9.17, 15) is 0 Å². The summed E-state index contributed by atoms with van der Waals surface area (Å²) in [6.07, 6.45) is 1.74. The fraction of sp³-hybridized carbons (Fsp3) is 0. The number of benzene rings is 2. The predicted molar refractivity (Wildman–Crippen MR) is 86.5 cm³/mol. The van der Waals surface area contributed by atoms with Gasteiger partial charge in [-0.15, -0.1) is 5.82 Å². The van der Waals surface area contributed by atoms with Gasteiger partial charge in [0.2, 0.25) is 0 Å². The third-order valence-electron chi connectivity index (χ3n) is 2.88. The maximum Gasteiger partial charge on any atom is 0.472 e. The zero-order chi connectivity index (χ0) is 14.5. The van der Waals surface area contributed by atoms with Crippen LogP contribution in [-0.4, -0.2) is 12.5 Å². The highest BCUT2D eigenvalue weighted by molar-refractivity contribution is 6.40. The van der Waals surface area contributed by atoms with E-state index in [0.717, 1.165) is 16.5 Å². The highest BCUT2D eigenvalue weighted by Crippen LogP contribution is 2.22. The van der Waals surface area contributed by atoms with Crippen LogP contribution >= 0.6 is 11.6 Å². The van der Waals surface area contributed by atoms with Gasteiger partial charge < -0.3 is 4.65 Å². The second-order valence-electron chi connectivity index (χ2n) is 4.35. The summed E-state index contributed by atoms with van der Waals surface area (Å²) in [5.41, 5.74) is 1.67.